The number of rotatable bonds is 8. The lowest BCUT2D eigenvalue weighted by molar-refractivity contribution is -0.149. The number of benzene rings is 1. The van der Waals surface area contributed by atoms with Crippen molar-refractivity contribution in [2.24, 2.45) is 5.92 Å². The summed E-state index contributed by atoms with van der Waals surface area (Å²) >= 11 is 0. The summed E-state index contributed by atoms with van der Waals surface area (Å²) in [5.41, 5.74) is 0.480. The quantitative estimate of drug-likeness (QED) is 0.601. The molecule has 0 aliphatic carbocycles. The van der Waals surface area contributed by atoms with Crippen molar-refractivity contribution in [2.75, 3.05) is 36.2 Å². The number of ether oxygens (including phenoxy) is 2. The molecule has 9 heteroatoms. The zero-order chi connectivity index (χ0) is 19.9. The number of nitrogens with zero attached hydrogens (tertiary/aromatic N) is 1. The third kappa shape index (κ3) is 6.67. The number of amides is 1. The van der Waals surface area contributed by atoms with Crippen LogP contribution in [0.15, 0.2) is 30.3 Å². The lowest BCUT2D eigenvalue weighted by Crippen LogP contribution is -2.39. The fourth-order valence-corrected chi connectivity index (χ4v) is 4.68. The Hall–Kier alpha value is -2.42. The average Bonchev–Trinajstić information content (AvgIpc) is 2.97. The van der Waals surface area contributed by atoms with Crippen molar-refractivity contribution in [3.63, 3.8) is 0 Å². The molecule has 1 heterocycles. The van der Waals surface area contributed by atoms with Crippen LogP contribution in [0.1, 0.15) is 19.8 Å². The molecule has 0 bridgehead atoms. The molecule has 1 aromatic carbocycles. The zero-order valence-corrected chi connectivity index (χ0v) is 15.9. The Balaban J connectivity index is 1.92. The minimum Gasteiger partial charge on any atom is -0.465 e. The SMILES string of the molecule is CCOC(=O)CN(C(=O)COC(=O)CC1CCS(=O)(=O)C1)c1ccccc1. The molecule has 0 spiro atoms. The van der Waals surface area contributed by atoms with Gasteiger partial charge in [-0.2, -0.15) is 0 Å². The molecule has 0 saturated carbocycles. The molecule has 0 aromatic heterocycles. The Kier molecular flexibility index (Phi) is 7.35. The van der Waals surface area contributed by atoms with E-state index in [1.165, 1.54) is 4.90 Å². The number of anilines is 1. The van der Waals surface area contributed by atoms with Crippen LogP contribution in [0.2, 0.25) is 0 Å². The number of carbonyl (C=O) groups excluding carboxylic acids is 3. The summed E-state index contributed by atoms with van der Waals surface area (Å²) in [5.74, 6) is -2.00. The molecule has 1 aromatic rings. The van der Waals surface area contributed by atoms with Crippen molar-refractivity contribution in [3.8, 4) is 0 Å². The molecule has 1 atom stereocenters. The first-order valence-corrected chi connectivity index (χ1v) is 10.5. The van der Waals surface area contributed by atoms with Gasteiger partial charge >= 0.3 is 11.9 Å². The van der Waals surface area contributed by atoms with Gasteiger partial charge in [0.2, 0.25) is 0 Å². The van der Waals surface area contributed by atoms with Crippen molar-refractivity contribution in [2.45, 2.75) is 19.8 Å². The van der Waals surface area contributed by atoms with Gasteiger partial charge in [-0.3, -0.25) is 19.3 Å². The molecule has 0 N–H and O–H groups in total. The zero-order valence-electron chi connectivity index (χ0n) is 15.1. The summed E-state index contributed by atoms with van der Waals surface area (Å²) in [6.07, 6.45) is 0.375. The monoisotopic (exact) mass is 397 g/mol. The molecule has 2 rings (SSSR count). The fraction of sp³-hybridized carbons (Fsp3) is 0.500. The molecule has 148 valence electrons. The van der Waals surface area contributed by atoms with E-state index >= 15 is 0 Å². The summed E-state index contributed by atoms with van der Waals surface area (Å²) in [5, 5.41) is 0. The summed E-state index contributed by atoms with van der Waals surface area (Å²) < 4.78 is 32.7. The Morgan fingerprint density at radius 2 is 1.81 bits per heavy atom. The molecular formula is C18H23NO7S. The predicted molar refractivity (Wildman–Crippen MR) is 97.8 cm³/mol. The van der Waals surface area contributed by atoms with E-state index in [0.29, 0.717) is 12.1 Å². The van der Waals surface area contributed by atoms with E-state index in [4.69, 9.17) is 9.47 Å². The first kappa shape index (κ1) is 20.9. The van der Waals surface area contributed by atoms with Gasteiger partial charge in [0.05, 0.1) is 18.1 Å². The number of hydrogen-bond acceptors (Lipinski definition) is 7. The molecule has 27 heavy (non-hydrogen) atoms. The first-order chi connectivity index (χ1) is 12.8. The van der Waals surface area contributed by atoms with Crippen LogP contribution in [0, 0.1) is 5.92 Å². The third-order valence-corrected chi connectivity index (χ3v) is 5.94. The molecule has 1 saturated heterocycles. The highest BCUT2D eigenvalue weighted by Gasteiger charge is 2.30. The van der Waals surface area contributed by atoms with E-state index < -0.39 is 34.3 Å². The maximum Gasteiger partial charge on any atom is 0.326 e. The Labute approximate surface area is 158 Å². The van der Waals surface area contributed by atoms with Gasteiger partial charge in [0.15, 0.2) is 16.4 Å². The maximum absolute atomic E-state index is 12.5. The van der Waals surface area contributed by atoms with Crippen LogP contribution in [0.4, 0.5) is 5.69 Å². The van der Waals surface area contributed by atoms with Gasteiger partial charge in [-0.25, -0.2) is 8.42 Å². The molecule has 1 fully saturated rings. The minimum atomic E-state index is -3.08. The van der Waals surface area contributed by atoms with E-state index in [0.717, 1.165) is 0 Å². The third-order valence-electron chi connectivity index (χ3n) is 4.10. The highest BCUT2D eigenvalue weighted by atomic mass is 32.2. The smallest absolute Gasteiger partial charge is 0.326 e. The summed E-state index contributed by atoms with van der Waals surface area (Å²) in [6.45, 7) is 1.02. The maximum atomic E-state index is 12.5. The molecule has 1 aliphatic heterocycles. The lowest BCUT2D eigenvalue weighted by Gasteiger charge is -2.21. The van der Waals surface area contributed by atoms with Crippen molar-refractivity contribution in [1.29, 1.82) is 0 Å². The second-order valence-electron chi connectivity index (χ2n) is 6.25. The lowest BCUT2D eigenvalue weighted by atomic mass is 10.1. The molecule has 1 unspecified atom stereocenters. The van der Waals surface area contributed by atoms with Gasteiger partial charge in [-0.05, 0) is 31.4 Å². The van der Waals surface area contributed by atoms with Crippen molar-refractivity contribution in [1.82, 2.24) is 0 Å². The van der Waals surface area contributed by atoms with Crippen LogP contribution in [0.5, 0.6) is 0 Å². The number of para-hydroxylation sites is 1. The molecule has 8 nitrogen and oxygen atoms in total. The minimum absolute atomic E-state index is 0.0327. The standard InChI is InChI=1S/C18H23NO7S/c1-2-25-18(22)11-19(15-6-4-3-5-7-15)16(20)12-26-17(21)10-14-8-9-27(23,24)13-14/h3-7,14H,2,8-13H2,1H3. The molecular weight excluding hydrogens is 374 g/mol. The predicted octanol–water partition coefficient (Wildman–Crippen LogP) is 0.951. The van der Waals surface area contributed by atoms with Crippen molar-refractivity contribution in [3.05, 3.63) is 30.3 Å². The van der Waals surface area contributed by atoms with E-state index in [-0.39, 0.29) is 37.0 Å². The molecule has 1 aliphatic rings. The Morgan fingerprint density at radius 1 is 1.11 bits per heavy atom. The van der Waals surface area contributed by atoms with Gasteiger partial charge in [-0.15, -0.1) is 0 Å². The van der Waals surface area contributed by atoms with E-state index in [9.17, 15) is 22.8 Å². The highest BCUT2D eigenvalue weighted by Crippen LogP contribution is 2.22. The van der Waals surface area contributed by atoms with Gasteiger partial charge in [0.1, 0.15) is 6.54 Å². The van der Waals surface area contributed by atoms with Crippen LogP contribution in [-0.4, -0.2) is 57.5 Å². The van der Waals surface area contributed by atoms with Gasteiger partial charge < -0.3 is 9.47 Å². The summed E-state index contributed by atoms with van der Waals surface area (Å²) in [4.78, 5) is 37.4. The van der Waals surface area contributed by atoms with Gasteiger partial charge in [-0.1, -0.05) is 18.2 Å². The molecule has 1 amide bonds. The van der Waals surface area contributed by atoms with Crippen molar-refractivity contribution >= 4 is 33.4 Å². The second kappa shape index (κ2) is 9.50. The second-order valence-corrected chi connectivity index (χ2v) is 8.48. The topological polar surface area (TPSA) is 107 Å². The number of carbonyl (C=O) groups is 3. The number of esters is 2. The van der Waals surface area contributed by atoms with Gasteiger partial charge in [0.25, 0.3) is 5.91 Å². The fourth-order valence-electron chi connectivity index (χ4n) is 2.81. The Bertz CT molecular complexity index is 776. The van der Waals surface area contributed by atoms with E-state index in [1.54, 1.807) is 37.3 Å². The van der Waals surface area contributed by atoms with E-state index in [2.05, 4.69) is 0 Å². The van der Waals surface area contributed by atoms with E-state index in [1.807, 2.05) is 0 Å². The normalized spacial score (nSPS) is 17.9. The number of hydrogen-bond donors (Lipinski definition) is 0. The molecule has 0 radical (unpaired) electrons. The highest BCUT2D eigenvalue weighted by molar-refractivity contribution is 7.91. The van der Waals surface area contributed by atoms with Crippen LogP contribution < -0.4 is 4.90 Å². The Morgan fingerprint density at radius 3 is 2.41 bits per heavy atom. The number of sulfone groups is 1. The van der Waals surface area contributed by atoms with Crippen molar-refractivity contribution < 1.29 is 32.3 Å². The van der Waals surface area contributed by atoms with Crippen LogP contribution in [0.3, 0.4) is 0 Å². The van der Waals surface area contributed by atoms with Crippen LogP contribution in [-0.2, 0) is 33.7 Å². The summed E-state index contributed by atoms with van der Waals surface area (Å²) in [7, 11) is -3.08. The van der Waals surface area contributed by atoms with Gasteiger partial charge in [0, 0.05) is 12.1 Å². The largest absolute Gasteiger partial charge is 0.465 e. The summed E-state index contributed by atoms with van der Waals surface area (Å²) in [6, 6.07) is 8.51. The first-order valence-electron chi connectivity index (χ1n) is 8.68. The van der Waals surface area contributed by atoms with Crippen LogP contribution >= 0.6 is 0 Å². The average molecular weight is 397 g/mol. The van der Waals surface area contributed by atoms with Crippen LogP contribution in [0.25, 0.3) is 0 Å².